The van der Waals surface area contributed by atoms with Gasteiger partial charge in [-0.05, 0) is 61.9 Å². The standard InChI is InChI=1S/C27H29N3O4/c1-17-14-26(32)34-24-16-23(33-3)18(15-19(17)24)11-12-25(31)30-13-7-6-10-22(30)27-28-20-8-4-5-9-21(20)29(27)2/h4-5,8-9,14-16,22H,6-7,10-13H2,1-3H3/t22-/m1/s1. The Balaban J connectivity index is 1.40. The van der Waals surface area contributed by atoms with Gasteiger partial charge in [0.25, 0.3) is 0 Å². The summed E-state index contributed by atoms with van der Waals surface area (Å²) in [6.07, 6.45) is 3.92. The van der Waals surface area contributed by atoms with Gasteiger partial charge < -0.3 is 18.6 Å². The highest BCUT2D eigenvalue weighted by atomic mass is 16.5. The summed E-state index contributed by atoms with van der Waals surface area (Å²) in [4.78, 5) is 32.1. The number of rotatable bonds is 5. The molecule has 3 heterocycles. The van der Waals surface area contributed by atoms with Crippen molar-refractivity contribution in [2.24, 2.45) is 7.05 Å². The number of methoxy groups -OCH3 is 1. The van der Waals surface area contributed by atoms with E-state index in [1.54, 1.807) is 13.2 Å². The molecular formula is C27H29N3O4. The molecule has 0 bridgehead atoms. The molecule has 0 saturated carbocycles. The zero-order valence-corrected chi connectivity index (χ0v) is 19.8. The first kappa shape index (κ1) is 22.2. The molecule has 1 amide bonds. The number of aryl methyl sites for hydroxylation is 3. The zero-order chi connectivity index (χ0) is 23.8. The van der Waals surface area contributed by atoms with E-state index in [2.05, 4.69) is 10.6 Å². The number of nitrogens with zero attached hydrogens (tertiary/aromatic N) is 3. The Morgan fingerprint density at radius 3 is 2.82 bits per heavy atom. The fraction of sp³-hybridized carbons (Fsp3) is 0.370. The van der Waals surface area contributed by atoms with Crippen LogP contribution in [0.5, 0.6) is 5.75 Å². The van der Waals surface area contributed by atoms with Crippen molar-refractivity contribution >= 4 is 27.9 Å². The summed E-state index contributed by atoms with van der Waals surface area (Å²) in [7, 11) is 3.62. The lowest BCUT2D eigenvalue weighted by atomic mass is 9.99. The predicted octanol–water partition coefficient (Wildman–Crippen LogP) is 4.68. The van der Waals surface area contributed by atoms with E-state index in [9.17, 15) is 9.59 Å². The minimum Gasteiger partial charge on any atom is -0.496 e. The Morgan fingerprint density at radius 1 is 1.21 bits per heavy atom. The Morgan fingerprint density at radius 2 is 2.03 bits per heavy atom. The average Bonchev–Trinajstić information content (AvgIpc) is 3.18. The molecule has 0 N–H and O–H groups in total. The molecule has 0 radical (unpaired) electrons. The minimum absolute atomic E-state index is 0.0198. The van der Waals surface area contributed by atoms with Gasteiger partial charge in [-0.1, -0.05) is 12.1 Å². The summed E-state index contributed by atoms with van der Waals surface area (Å²) < 4.78 is 13.0. The number of amides is 1. The van der Waals surface area contributed by atoms with E-state index in [4.69, 9.17) is 14.1 Å². The molecule has 34 heavy (non-hydrogen) atoms. The van der Waals surface area contributed by atoms with Gasteiger partial charge in [0.05, 0.1) is 24.2 Å². The van der Waals surface area contributed by atoms with Crippen molar-refractivity contribution in [1.29, 1.82) is 0 Å². The number of piperidine rings is 1. The summed E-state index contributed by atoms with van der Waals surface area (Å²) in [6.45, 7) is 2.63. The molecule has 2 aromatic heterocycles. The second kappa shape index (κ2) is 8.97. The number of carbonyl (C=O) groups is 1. The summed E-state index contributed by atoms with van der Waals surface area (Å²) in [5, 5.41) is 0.860. The number of para-hydroxylation sites is 2. The third-order valence-electron chi connectivity index (χ3n) is 6.90. The van der Waals surface area contributed by atoms with Crippen LogP contribution in [0.25, 0.3) is 22.0 Å². The molecule has 1 fully saturated rings. The predicted molar refractivity (Wildman–Crippen MR) is 131 cm³/mol. The molecule has 176 valence electrons. The molecule has 7 heteroatoms. The van der Waals surface area contributed by atoms with Crippen LogP contribution in [-0.2, 0) is 18.3 Å². The maximum Gasteiger partial charge on any atom is 0.336 e. The second-order valence-corrected chi connectivity index (χ2v) is 9.03. The Labute approximate surface area is 198 Å². The van der Waals surface area contributed by atoms with E-state index in [1.165, 1.54) is 6.07 Å². The van der Waals surface area contributed by atoms with Crippen LogP contribution in [0.3, 0.4) is 0 Å². The first-order valence-electron chi connectivity index (χ1n) is 11.8. The number of imidazole rings is 1. The van der Waals surface area contributed by atoms with E-state index in [0.29, 0.717) is 24.2 Å². The van der Waals surface area contributed by atoms with Gasteiger partial charge in [0.15, 0.2) is 0 Å². The highest BCUT2D eigenvalue weighted by Gasteiger charge is 2.31. The number of carbonyl (C=O) groups excluding carboxylic acids is 1. The van der Waals surface area contributed by atoms with E-state index in [1.807, 2.05) is 43.1 Å². The number of hydrogen-bond donors (Lipinski definition) is 0. The number of fused-ring (bicyclic) bond motifs is 2. The van der Waals surface area contributed by atoms with E-state index in [0.717, 1.165) is 59.2 Å². The van der Waals surface area contributed by atoms with Gasteiger partial charge in [-0.15, -0.1) is 0 Å². The number of aromatic nitrogens is 2. The van der Waals surface area contributed by atoms with Crippen molar-refractivity contribution in [2.45, 2.75) is 45.1 Å². The van der Waals surface area contributed by atoms with Crippen LogP contribution < -0.4 is 10.4 Å². The molecule has 1 saturated heterocycles. The smallest absolute Gasteiger partial charge is 0.336 e. The fourth-order valence-electron chi connectivity index (χ4n) is 5.12. The van der Waals surface area contributed by atoms with Crippen LogP contribution in [0.4, 0.5) is 0 Å². The minimum atomic E-state index is -0.381. The van der Waals surface area contributed by atoms with Gasteiger partial charge in [0.2, 0.25) is 5.91 Å². The SMILES string of the molecule is COc1cc2oc(=O)cc(C)c2cc1CCC(=O)N1CCCC[C@@H]1c1nc2ccccc2n1C. The van der Waals surface area contributed by atoms with Crippen LogP contribution in [0, 0.1) is 6.92 Å². The lowest BCUT2D eigenvalue weighted by molar-refractivity contribution is -0.135. The van der Waals surface area contributed by atoms with Crippen LogP contribution in [0.15, 0.2) is 51.7 Å². The molecule has 1 atom stereocenters. The maximum absolute atomic E-state index is 13.4. The molecule has 5 rings (SSSR count). The third-order valence-corrected chi connectivity index (χ3v) is 6.90. The summed E-state index contributed by atoms with van der Waals surface area (Å²) in [5.41, 5.74) is 3.93. The first-order chi connectivity index (χ1) is 16.5. The van der Waals surface area contributed by atoms with Gasteiger partial charge >= 0.3 is 5.63 Å². The van der Waals surface area contributed by atoms with Gasteiger partial charge in [-0.25, -0.2) is 9.78 Å². The number of hydrogen-bond acceptors (Lipinski definition) is 5. The first-order valence-corrected chi connectivity index (χ1v) is 11.8. The van der Waals surface area contributed by atoms with Crippen LogP contribution >= 0.6 is 0 Å². The van der Waals surface area contributed by atoms with Gasteiger partial charge in [0.1, 0.15) is 17.2 Å². The number of ether oxygens (including phenoxy) is 1. The average molecular weight is 460 g/mol. The Bertz CT molecular complexity index is 1440. The fourth-order valence-corrected chi connectivity index (χ4v) is 5.12. The molecule has 2 aromatic carbocycles. The van der Waals surface area contributed by atoms with Crippen molar-refractivity contribution in [3.05, 3.63) is 69.8 Å². The Hall–Kier alpha value is -3.61. The highest BCUT2D eigenvalue weighted by molar-refractivity contribution is 5.83. The van der Waals surface area contributed by atoms with E-state index in [-0.39, 0.29) is 17.6 Å². The normalized spacial score (nSPS) is 16.3. The Kier molecular flexibility index (Phi) is 5.86. The molecule has 1 aliphatic rings. The topological polar surface area (TPSA) is 77.6 Å². The molecule has 7 nitrogen and oxygen atoms in total. The van der Waals surface area contributed by atoms with Gasteiger partial charge in [-0.3, -0.25) is 4.79 Å². The van der Waals surface area contributed by atoms with Crippen LogP contribution in [0.1, 0.15) is 48.7 Å². The molecule has 0 aliphatic carbocycles. The van der Waals surface area contributed by atoms with Crippen molar-refractivity contribution in [1.82, 2.24) is 14.5 Å². The van der Waals surface area contributed by atoms with Crippen molar-refractivity contribution in [3.63, 3.8) is 0 Å². The quantitative estimate of drug-likeness (QED) is 0.405. The lowest BCUT2D eigenvalue weighted by Crippen LogP contribution is -2.39. The summed E-state index contributed by atoms with van der Waals surface area (Å²) >= 11 is 0. The summed E-state index contributed by atoms with van der Waals surface area (Å²) in [5.74, 6) is 1.69. The molecule has 1 aliphatic heterocycles. The van der Waals surface area contributed by atoms with Gasteiger partial charge in [-0.2, -0.15) is 0 Å². The monoisotopic (exact) mass is 459 g/mol. The number of benzene rings is 2. The van der Waals surface area contributed by atoms with Crippen LogP contribution in [0.2, 0.25) is 0 Å². The van der Waals surface area contributed by atoms with Crippen molar-refractivity contribution in [2.75, 3.05) is 13.7 Å². The zero-order valence-electron chi connectivity index (χ0n) is 19.8. The number of likely N-dealkylation sites (tertiary alicyclic amines) is 1. The molecular weight excluding hydrogens is 430 g/mol. The van der Waals surface area contributed by atoms with E-state index < -0.39 is 0 Å². The third kappa shape index (κ3) is 3.95. The van der Waals surface area contributed by atoms with Crippen LogP contribution in [-0.4, -0.2) is 34.0 Å². The summed E-state index contributed by atoms with van der Waals surface area (Å²) in [6, 6.07) is 13.3. The lowest BCUT2D eigenvalue weighted by Gasteiger charge is -2.35. The van der Waals surface area contributed by atoms with Crippen molar-refractivity contribution in [3.8, 4) is 5.75 Å². The largest absolute Gasteiger partial charge is 0.496 e. The molecule has 4 aromatic rings. The highest BCUT2D eigenvalue weighted by Crippen LogP contribution is 2.33. The van der Waals surface area contributed by atoms with E-state index >= 15 is 0 Å². The second-order valence-electron chi connectivity index (χ2n) is 9.03. The molecule has 0 unspecified atom stereocenters. The van der Waals surface area contributed by atoms with Crippen molar-refractivity contribution < 1.29 is 13.9 Å². The van der Waals surface area contributed by atoms with Gasteiger partial charge in [0, 0.05) is 37.5 Å². The maximum atomic E-state index is 13.4. The molecule has 0 spiro atoms.